The number of aryl methyl sites for hydroxylation is 1. The van der Waals surface area contributed by atoms with Crippen LogP contribution < -0.4 is 20.3 Å². The summed E-state index contributed by atoms with van der Waals surface area (Å²) in [6, 6.07) is 18.1. The number of ether oxygens (including phenoxy) is 1. The van der Waals surface area contributed by atoms with Crippen LogP contribution in [0, 0.1) is 0 Å². The second-order valence-corrected chi connectivity index (χ2v) is 19.9. The molecule has 1 unspecified atom stereocenters. The first-order valence-corrected chi connectivity index (χ1v) is 24.0. The van der Waals surface area contributed by atoms with Gasteiger partial charge in [-0.15, -0.1) is 0 Å². The third-order valence-corrected chi connectivity index (χ3v) is 13.7. The summed E-state index contributed by atoms with van der Waals surface area (Å²) in [6.07, 6.45) is 8.28. The minimum atomic E-state index is -2.49. The number of hydrogen-bond acceptors (Lipinski definition) is 10. The molecule has 61 heavy (non-hydrogen) atoms. The molecular weight excluding hydrogens is 815 g/mol. The highest BCUT2D eigenvalue weighted by Crippen LogP contribution is 2.37. The van der Waals surface area contributed by atoms with Crippen molar-refractivity contribution in [3.63, 3.8) is 0 Å². The molecule has 1 N–H and O–H groups in total. The SMILES string of the molecule is COc1cc(N2CCN(C(=O)CCCCCCCc3cccc4c3C(=O)N(C3CCC(=O)NC3=O)C4=O)CC2)ccc1Cc1ncc(Cl)c(Cc2ccccc2P(C)(C)=O)n1. The molecule has 1 atom stereocenters. The number of anilines is 1. The van der Waals surface area contributed by atoms with Gasteiger partial charge in [0.05, 0.1) is 29.0 Å². The molecule has 320 valence electrons. The average Bonchev–Trinajstić information content (AvgIpc) is 3.50. The van der Waals surface area contributed by atoms with Gasteiger partial charge in [-0.1, -0.05) is 73.3 Å². The zero-order valence-electron chi connectivity index (χ0n) is 35.0. The van der Waals surface area contributed by atoms with E-state index in [1.165, 1.54) is 0 Å². The van der Waals surface area contributed by atoms with E-state index in [4.69, 9.17) is 21.3 Å². The second kappa shape index (κ2) is 19.1. The van der Waals surface area contributed by atoms with Gasteiger partial charge < -0.3 is 19.1 Å². The summed E-state index contributed by atoms with van der Waals surface area (Å²) < 4.78 is 18.8. The quantitative estimate of drug-likeness (QED) is 0.0781. The van der Waals surface area contributed by atoms with E-state index < -0.39 is 36.8 Å². The Bertz CT molecular complexity index is 2390. The van der Waals surface area contributed by atoms with E-state index in [0.717, 1.165) is 70.4 Å². The van der Waals surface area contributed by atoms with Crippen molar-refractivity contribution in [3.8, 4) is 5.75 Å². The van der Waals surface area contributed by atoms with E-state index in [1.54, 1.807) is 38.8 Å². The van der Waals surface area contributed by atoms with Gasteiger partial charge in [0.1, 0.15) is 24.8 Å². The van der Waals surface area contributed by atoms with E-state index in [1.807, 2.05) is 47.4 Å². The summed E-state index contributed by atoms with van der Waals surface area (Å²) >= 11 is 6.54. The van der Waals surface area contributed by atoms with Gasteiger partial charge in [0.25, 0.3) is 11.8 Å². The number of benzene rings is 3. The Labute approximate surface area is 361 Å². The van der Waals surface area contributed by atoms with Crippen LogP contribution in [0.15, 0.2) is 66.9 Å². The van der Waals surface area contributed by atoms with Crippen LogP contribution in [-0.4, -0.2) is 102 Å². The Balaban J connectivity index is 0.840. The fourth-order valence-corrected chi connectivity index (χ4v) is 10.0. The Morgan fingerprint density at radius 2 is 1.61 bits per heavy atom. The molecule has 0 spiro atoms. The van der Waals surface area contributed by atoms with Crippen molar-refractivity contribution in [2.45, 2.75) is 76.7 Å². The van der Waals surface area contributed by atoms with Crippen molar-refractivity contribution in [3.05, 3.63) is 111 Å². The number of hydrogen-bond donors (Lipinski definition) is 1. The smallest absolute Gasteiger partial charge is 0.262 e. The minimum Gasteiger partial charge on any atom is -0.496 e. The van der Waals surface area contributed by atoms with Crippen molar-refractivity contribution in [2.75, 3.05) is 51.5 Å². The van der Waals surface area contributed by atoms with Crippen LogP contribution in [0.3, 0.4) is 0 Å². The lowest BCUT2D eigenvalue weighted by atomic mass is 9.97. The van der Waals surface area contributed by atoms with Crippen molar-refractivity contribution in [1.29, 1.82) is 0 Å². The number of methoxy groups -OCH3 is 1. The molecule has 4 heterocycles. The number of imide groups is 2. The maximum absolute atomic E-state index is 13.4. The highest BCUT2D eigenvalue weighted by atomic mass is 35.5. The van der Waals surface area contributed by atoms with Gasteiger partial charge in [0, 0.05) is 80.7 Å². The van der Waals surface area contributed by atoms with Crippen LogP contribution in [0.1, 0.15) is 100 Å². The standard InChI is InChI=1S/C46H52ClN6O7P/c1-60-38-28-33(19-18-31(38)27-40-48-29-35(47)36(49-40)26-32-13-9-10-16-39(32)61(2,3)59)51-22-24-52(25-23-51)42(55)17-8-6-4-5-7-12-30-14-11-15-34-43(30)46(58)53(45(34)57)37-20-21-41(54)50-44(37)56/h9-11,13-16,18-19,28-29,37H,4-8,12,17,20-27H2,1-3H3,(H,50,54,56). The number of amides is 5. The van der Waals surface area contributed by atoms with Crippen LogP contribution in [0.25, 0.3) is 0 Å². The number of fused-ring (bicyclic) bond motifs is 1. The van der Waals surface area contributed by atoms with Gasteiger partial charge in [0.15, 0.2) is 0 Å². The molecule has 13 nitrogen and oxygen atoms in total. The summed E-state index contributed by atoms with van der Waals surface area (Å²) in [5.74, 6) is -0.469. The molecule has 15 heteroatoms. The van der Waals surface area contributed by atoms with E-state index in [0.29, 0.717) is 79.5 Å². The highest BCUT2D eigenvalue weighted by molar-refractivity contribution is 7.70. The number of unbranched alkanes of at least 4 members (excludes halogenated alkanes) is 4. The number of nitrogens with one attached hydrogen (secondary N) is 1. The molecule has 2 saturated heterocycles. The number of carbonyl (C=O) groups is 5. The number of nitrogens with zero attached hydrogens (tertiary/aromatic N) is 5. The lowest BCUT2D eigenvalue weighted by Gasteiger charge is -2.36. The molecule has 5 amide bonds. The molecule has 0 aliphatic carbocycles. The number of rotatable bonds is 16. The van der Waals surface area contributed by atoms with Gasteiger partial charge in [0.2, 0.25) is 17.7 Å². The third-order valence-electron chi connectivity index (χ3n) is 11.8. The maximum atomic E-state index is 13.4. The Morgan fingerprint density at radius 1 is 0.869 bits per heavy atom. The number of piperidine rings is 1. The number of carbonyl (C=O) groups excluding carboxylic acids is 5. The maximum Gasteiger partial charge on any atom is 0.262 e. The Hall–Kier alpha value is -5.39. The monoisotopic (exact) mass is 866 g/mol. The van der Waals surface area contributed by atoms with E-state index in [2.05, 4.69) is 21.3 Å². The fourth-order valence-electron chi connectivity index (χ4n) is 8.55. The van der Waals surface area contributed by atoms with Crippen LogP contribution >= 0.6 is 18.7 Å². The molecule has 0 saturated carbocycles. The van der Waals surface area contributed by atoms with Gasteiger partial charge in [-0.3, -0.25) is 34.2 Å². The molecule has 4 aromatic rings. The summed E-state index contributed by atoms with van der Waals surface area (Å²) in [7, 11) is -0.839. The molecule has 3 aliphatic rings. The number of aromatic nitrogens is 2. The molecule has 3 aliphatic heterocycles. The second-order valence-electron chi connectivity index (χ2n) is 16.3. The van der Waals surface area contributed by atoms with Crippen LogP contribution in [0.2, 0.25) is 5.02 Å². The fraction of sp³-hybridized carbons (Fsp3) is 0.413. The van der Waals surface area contributed by atoms with Gasteiger partial charge in [-0.25, -0.2) is 9.97 Å². The first-order valence-electron chi connectivity index (χ1n) is 21.0. The van der Waals surface area contributed by atoms with Crippen LogP contribution in [-0.2, 0) is 38.2 Å². The number of piperazine rings is 1. The summed E-state index contributed by atoms with van der Waals surface area (Å²) in [6.45, 7) is 6.24. The van der Waals surface area contributed by atoms with E-state index >= 15 is 0 Å². The predicted octanol–water partition coefficient (Wildman–Crippen LogP) is 6.20. The summed E-state index contributed by atoms with van der Waals surface area (Å²) in [5, 5.41) is 3.53. The summed E-state index contributed by atoms with van der Waals surface area (Å²) in [4.78, 5) is 78.2. The molecule has 0 radical (unpaired) electrons. The van der Waals surface area contributed by atoms with Gasteiger partial charge in [-0.05, 0) is 62.3 Å². The zero-order valence-corrected chi connectivity index (χ0v) is 36.6. The van der Waals surface area contributed by atoms with Gasteiger partial charge in [-0.2, -0.15) is 0 Å². The lowest BCUT2D eigenvalue weighted by Crippen LogP contribution is -2.54. The van der Waals surface area contributed by atoms with E-state index in [9.17, 15) is 28.5 Å². The van der Waals surface area contributed by atoms with Crippen molar-refractivity contribution in [2.24, 2.45) is 0 Å². The molecule has 7 rings (SSSR count). The first kappa shape index (κ1) is 43.7. The predicted molar refractivity (Wildman–Crippen MR) is 234 cm³/mol. The number of halogens is 1. The largest absolute Gasteiger partial charge is 0.496 e. The molecule has 3 aromatic carbocycles. The topological polar surface area (TPSA) is 159 Å². The molecule has 2 fully saturated rings. The molecular formula is C46H52ClN6O7P. The third kappa shape index (κ3) is 10.1. The van der Waals surface area contributed by atoms with Crippen molar-refractivity contribution >= 4 is 59.3 Å². The Kier molecular flexibility index (Phi) is 13.7. The highest BCUT2D eigenvalue weighted by Gasteiger charge is 2.45. The zero-order chi connectivity index (χ0) is 43.3. The average molecular weight is 867 g/mol. The van der Waals surface area contributed by atoms with E-state index in [-0.39, 0.29) is 18.7 Å². The minimum absolute atomic E-state index is 0.0840. The first-order chi connectivity index (χ1) is 29.3. The molecule has 1 aromatic heterocycles. The molecule has 0 bridgehead atoms. The van der Waals surface area contributed by atoms with Gasteiger partial charge >= 0.3 is 0 Å². The van der Waals surface area contributed by atoms with Crippen LogP contribution in [0.5, 0.6) is 5.75 Å². The van der Waals surface area contributed by atoms with Crippen LogP contribution in [0.4, 0.5) is 5.69 Å². The van der Waals surface area contributed by atoms with Crippen molar-refractivity contribution < 1.29 is 33.3 Å². The lowest BCUT2D eigenvalue weighted by molar-refractivity contribution is -0.136. The Morgan fingerprint density at radius 3 is 2.36 bits per heavy atom. The normalized spacial score (nSPS) is 16.9. The summed E-state index contributed by atoms with van der Waals surface area (Å²) in [5.41, 5.74) is 5.04. The van der Waals surface area contributed by atoms with Crippen molar-refractivity contribution in [1.82, 2.24) is 25.1 Å².